The predicted molar refractivity (Wildman–Crippen MR) is 122 cm³/mol. The minimum Gasteiger partial charge on any atom is -0.484 e. The van der Waals surface area contributed by atoms with E-state index in [1.54, 1.807) is 30.3 Å². The van der Waals surface area contributed by atoms with Crippen molar-refractivity contribution in [3.05, 3.63) is 101 Å². The number of likely N-dealkylation sites (N-methyl/N-ethyl adjacent to an activating group) is 1. The summed E-state index contributed by atoms with van der Waals surface area (Å²) in [4.78, 5) is 27.4. The molecule has 32 heavy (non-hydrogen) atoms. The molecule has 3 rings (SSSR count). The monoisotopic (exact) mass is 434 g/mol. The van der Waals surface area contributed by atoms with Crippen LogP contribution in [0, 0.1) is 12.7 Å². The number of benzene rings is 3. The van der Waals surface area contributed by atoms with Gasteiger partial charge in [-0.15, -0.1) is 0 Å². The lowest BCUT2D eigenvalue weighted by atomic mass is 10.0. The smallest absolute Gasteiger partial charge is 0.261 e. The van der Waals surface area contributed by atoms with Crippen molar-refractivity contribution in [3.8, 4) is 5.75 Å². The molecule has 0 bridgehead atoms. The number of carbonyl (C=O) groups excluding carboxylic acids is 2. The zero-order valence-corrected chi connectivity index (χ0v) is 18.3. The highest BCUT2D eigenvalue weighted by molar-refractivity contribution is 5.88. The number of aryl methyl sites for hydroxylation is 1. The van der Waals surface area contributed by atoms with Crippen LogP contribution in [0.4, 0.5) is 4.39 Å². The molecule has 0 aliphatic heterocycles. The van der Waals surface area contributed by atoms with Gasteiger partial charge in [0, 0.05) is 25.6 Å². The zero-order chi connectivity index (χ0) is 22.9. The van der Waals surface area contributed by atoms with E-state index in [1.807, 2.05) is 49.4 Å². The van der Waals surface area contributed by atoms with Gasteiger partial charge in [0.25, 0.3) is 5.91 Å². The maximum absolute atomic E-state index is 14.4. The maximum Gasteiger partial charge on any atom is 0.261 e. The van der Waals surface area contributed by atoms with Crippen LogP contribution in [0.3, 0.4) is 0 Å². The van der Waals surface area contributed by atoms with Gasteiger partial charge in [-0.05, 0) is 30.7 Å². The Morgan fingerprint density at radius 3 is 2.28 bits per heavy atom. The van der Waals surface area contributed by atoms with E-state index >= 15 is 0 Å². The lowest BCUT2D eigenvalue weighted by molar-refractivity contribution is -0.142. The van der Waals surface area contributed by atoms with E-state index in [2.05, 4.69) is 5.32 Å². The number of ether oxygens (including phenoxy) is 1. The Hall–Kier alpha value is -3.67. The highest BCUT2D eigenvalue weighted by Gasteiger charge is 2.30. The number of nitrogens with one attached hydrogen (secondary N) is 1. The SMILES string of the molecule is CNC(=O)[C@H](Cc1ccccc1)N(Cc1ccccc1F)C(=O)COc1ccc(C)cc1. The van der Waals surface area contributed by atoms with Crippen molar-refractivity contribution in [1.29, 1.82) is 0 Å². The van der Waals surface area contributed by atoms with Gasteiger partial charge in [-0.25, -0.2) is 4.39 Å². The molecule has 3 aromatic rings. The number of hydrogen-bond donors (Lipinski definition) is 1. The number of carbonyl (C=O) groups is 2. The van der Waals surface area contributed by atoms with E-state index < -0.39 is 17.8 Å². The van der Waals surface area contributed by atoms with Crippen molar-refractivity contribution in [1.82, 2.24) is 10.2 Å². The third-order valence-electron chi connectivity index (χ3n) is 5.20. The van der Waals surface area contributed by atoms with Gasteiger partial charge in [-0.3, -0.25) is 9.59 Å². The summed E-state index contributed by atoms with van der Waals surface area (Å²) < 4.78 is 20.1. The minimum absolute atomic E-state index is 0.0479. The van der Waals surface area contributed by atoms with E-state index in [0.29, 0.717) is 17.7 Å². The fourth-order valence-electron chi connectivity index (χ4n) is 3.39. The molecule has 0 radical (unpaired) electrons. The Morgan fingerprint density at radius 1 is 0.969 bits per heavy atom. The second kappa shape index (κ2) is 11.1. The Bertz CT molecular complexity index is 1040. The van der Waals surface area contributed by atoms with Crippen molar-refractivity contribution in [2.24, 2.45) is 0 Å². The van der Waals surface area contributed by atoms with Crippen LogP contribution in [0.2, 0.25) is 0 Å². The van der Waals surface area contributed by atoms with Gasteiger partial charge in [-0.1, -0.05) is 66.2 Å². The molecule has 0 heterocycles. The lowest BCUT2D eigenvalue weighted by Crippen LogP contribution is -2.51. The normalized spacial score (nSPS) is 11.5. The van der Waals surface area contributed by atoms with Gasteiger partial charge in [0.2, 0.25) is 5.91 Å². The number of rotatable bonds is 9. The molecule has 6 heteroatoms. The third-order valence-corrected chi connectivity index (χ3v) is 5.20. The summed E-state index contributed by atoms with van der Waals surface area (Å²) in [6, 6.07) is 22.2. The number of hydrogen-bond acceptors (Lipinski definition) is 3. The predicted octanol–water partition coefficient (Wildman–Crippen LogP) is 3.90. The molecule has 0 unspecified atom stereocenters. The molecule has 0 aliphatic carbocycles. The summed E-state index contributed by atoms with van der Waals surface area (Å²) in [5.41, 5.74) is 2.30. The first-order chi connectivity index (χ1) is 15.5. The van der Waals surface area contributed by atoms with Gasteiger partial charge < -0.3 is 15.0 Å². The number of nitrogens with zero attached hydrogens (tertiary/aromatic N) is 1. The average molecular weight is 435 g/mol. The summed E-state index contributed by atoms with van der Waals surface area (Å²) >= 11 is 0. The van der Waals surface area contributed by atoms with Crippen LogP contribution < -0.4 is 10.1 Å². The fourth-order valence-corrected chi connectivity index (χ4v) is 3.39. The van der Waals surface area contributed by atoms with Crippen molar-refractivity contribution >= 4 is 11.8 Å². The van der Waals surface area contributed by atoms with Crippen molar-refractivity contribution in [2.45, 2.75) is 25.9 Å². The Morgan fingerprint density at radius 2 is 1.62 bits per heavy atom. The van der Waals surface area contributed by atoms with Gasteiger partial charge in [0.15, 0.2) is 6.61 Å². The van der Waals surface area contributed by atoms with E-state index in [-0.39, 0.29) is 19.1 Å². The molecule has 166 valence electrons. The molecule has 1 atom stereocenters. The van der Waals surface area contributed by atoms with Crippen molar-refractivity contribution < 1.29 is 18.7 Å². The Kier molecular flexibility index (Phi) is 7.97. The van der Waals surface area contributed by atoms with Crippen LogP contribution >= 0.6 is 0 Å². The van der Waals surface area contributed by atoms with Crippen molar-refractivity contribution in [2.75, 3.05) is 13.7 Å². The summed E-state index contributed by atoms with van der Waals surface area (Å²) in [7, 11) is 1.52. The average Bonchev–Trinajstić information content (AvgIpc) is 2.82. The summed E-state index contributed by atoms with van der Waals surface area (Å²) in [6.07, 6.45) is 0.297. The van der Waals surface area contributed by atoms with Gasteiger partial charge in [0.1, 0.15) is 17.6 Å². The molecule has 5 nitrogen and oxygen atoms in total. The standard InChI is InChI=1S/C26H27FN2O3/c1-19-12-14-22(15-13-19)32-18-25(30)29(17-21-10-6-7-11-23(21)27)24(26(31)28-2)16-20-8-4-3-5-9-20/h3-15,24H,16-18H2,1-2H3,(H,28,31)/t24-/m0/s1. The lowest BCUT2D eigenvalue weighted by Gasteiger charge is -2.31. The third kappa shape index (κ3) is 6.17. The highest BCUT2D eigenvalue weighted by atomic mass is 19.1. The maximum atomic E-state index is 14.4. The molecular weight excluding hydrogens is 407 g/mol. The Labute approximate surface area is 187 Å². The minimum atomic E-state index is -0.823. The summed E-state index contributed by atoms with van der Waals surface area (Å²) in [6.45, 7) is 1.65. The zero-order valence-electron chi connectivity index (χ0n) is 18.3. The summed E-state index contributed by atoms with van der Waals surface area (Å²) in [5, 5.41) is 2.63. The first kappa shape index (κ1) is 23.0. The molecule has 0 aromatic heterocycles. The molecule has 0 saturated heterocycles. The first-order valence-electron chi connectivity index (χ1n) is 10.5. The van der Waals surface area contributed by atoms with Crippen molar-refractivity contribution in [3.63, 3.8) is 0 Å². The van der Waals surface area contributed by atoms with Gasteiger partial charge >= 0.3 is 0 Å². The second-order valence-corrected chi connectivity index (χ2v) is 7.53. The molecule has 0 fully saturated rings. The quantitative estimate of drug-likeness (QED) is 0.556. The molecule has 2 amide bonds. The largest absolute Gasteiger partial charge is 0.484 e. The number of halogens is 1. The molecule has 0 saturated carbocycles. The molecule has 0 aliphatic rings. The van der Waals surface area contributed by atoms with Crippen LogP contribution in [0.25, 0.3) is 0 Å². The summed E-state index contributed by atoms with van der Waals surface area (Å²) in [5.74, 6) is -0.610. The van der Waals surface area contributed by atoms with E-state index in [9.17, 15) is 14.0 Å². The second-order valence-electron chi connectivity index (χ2n) is 7.53. The topological polar surface area (TPSA) is 58.6 Å². The molecule has 1 N–H and O–H groups in total. The van der Waals surface area contributed by atoms with Crippen LogP contribution in [0.5, 0.6) is 5.75 Å². The Balaban J connectivity index is 1.87. The van der Waals surface area contributed by atoms with Gasteiger partial charge in [0.05, 0.1) is 0 Å². The van der Waals surface area contributed by atoms with Crippen LogP contribution in [0.15, 0.2) is 78.9 Å². The molecule has 0 spiro atoms. The van der Waals surface area contributed by atoms with E-state index in [4.69, 9.17) is 4.74 Å². The van der Waals surface area contributed by atoms with Crippen LogP contribution in [-0.4, -0.2) is 36.4 Å². The van der Waals surface area contributed by atoms with E-state index in [0.717, 1.165) is 11.1 Å². The first-order valence-corrected chi connectivity index (χ1v) is 10.5. The van der Waals surface area contributed by atoms with Crippen LogP contribution in [-0.2, 0) is 22.6 Å². The highest BCUT2D eigenvalue weighted by Crippen LogP contribution is 2.18. The molecule has 3 aromatic carbocycles. The fraction of sp³-hybridized carbons (Fsp3) is 0.231. The number of amides is 2. The van der Waals surface area contributed by atoms with Crippen LogP contribution in [0.1, 0.15) is 16.7 Å². The molecular formula is C26H27FN2O3. The van der Waals surface area contributed by atoms with E-state index in [1.165, 1.54) is 18.0 Å². The van der Waals surface area contributed by atoms with Gasteiger partial charge in [-0.2, -0.15) is 0 Å².